The van der Waals surface area contributed by atoms with Gasteiger partial charge in [-0.2, -0.15) is 52.7 Å². The summed E-state index contributed by atoms with van der Waals surface area (Å²) in [6, 6.07) is 19.7. The number of amides is 4. The minimum absolute atomic E-state index is 0.0277. The molecule has 94 heavy (non-hydrogen) atoms. The molecule has 4 aliphatic rings. The van der Waals surface area contributed by atoms with E-state index in [2.05, 4.69) is 10.6 Å². The smallest absolute Gasteiger partial charge is 0.416 e. The first kappa shape index (κ1) is 73.8. The van der Waals surface area contributed by atoms with Crippen LogP contribution in [-0.2, 0) is 83.4 Å². The van der Waals surface area contributed by atoms with Crippen molar-refractivity contribution in [2.75, 3.05) is 39.9 Å². The van der Waals surface area contributed by atoms with Gasteiger partial charge in [-0.3, -0.25) is 29.0 Å². The average Bonchev–Trinajstić information content (AvgIpc) is 1.22. The molecule has 4 amide bonds. The molecular formula is C66H76F12N4O12. The fourth-order valence-corrected chi connectivity index (χ4v) is 11.8. The maximum Gasteiger partial charge on any atom is 0.416 e. The number of nitrogens with zero attached hydrogens (tertiary/aromatic N) is 2. The largest absolute Gasteiger partial charge is 0.428 e. The molecule has 2 spiro atoms. The molecule has 0 radical (unpaired) electrons. The molecule has 4 heterocycles. The van der Waals surface area contributed by atoms with Gasteiger partial charge in [-0.05, 0) is 123 Å². The molecule has 8 rings (SSSR count). The van der Waals surface area contributed by atoms with E-state index in [-0.39, 0.29) is 98.9 Å². The summed E-state index contributed by atoms with van der Waals surface area (Å²) in [6.45, 7) is 11.2. The highest BCUT2D eigenvalue weighted by Gasteiger charge is 2.56. The molecule has 8 atom stereocenters. The molecule has 4 aliphatic heterocycles. The van der Waals surface area contributed by atoms with Crippen LogP contribution in [0.25, 0.3) is 0 Å². The Labute approximate surface area is 535 Å². The van der Waals surface area contributed by atoms with Crippen LogP contribution in [0.15, 0.2) is 97.1 Å². The summed E-state index contributed by atoms with van der Waals surface area (Å²) in [7, 11) is 0. The number of carbonyl (C=O) groups is 6. The van der Waals surface area contributed by atoms with Gasteiger partial charge in [-0.1, -0.05) is 102 Å². The molecule has 0 saturated carbocycles. The molecule has 16 nitrogen and oxygen atoms in total. The lowest BCUT2D eigenvalue weighted by Crippen LogP contribution is -2.65. The van der Waals surface area contributed by atoms with Crippen molar-refractivity contribution < 1.29 is 110 Å². The third-order valence-corrected chi connectivity index (χ3v) is 18.3. The SMILES string of the molecule is CC(C)[C@H](C)C(=O)OCOC(=O)N1C[C@@]2(CCC(=O)N2)CC[C@@]1(CO[C@H](C)c1cc(C(F)(F)F)cc(C(F)(F)F)c1)c1ccccc1.CC(C)[C@H](C)C(=O)OCOC(=O)N1C[C@@]2(CCC(=O)N2)CC[C@@]1(CO[C@H](C)c1cc(C(F)(F)F)cc(C(F)(F)F)c1)c1ccccc1. The van der Waals surface area contributed by atoms with Gasteiger partial charge in [0.1, 0.15) is 0 Å². The Hall–Kier alpha value is -7.62. The summed E-state index contributed by atoms with van der Waals surface area (Å²) in [5, 5.41) is 5.90. The maximum absolute atomic E-state index is 13.8. The summed E-state index contributed by atoms with van der Waals surface area (Å²) >= 11 is 0. The Bertz CT molecular complexity index is 3050. The summed E-state index contributed by atoms with van der Waals surface area (Å²) in [5.74, 6) is -2.53. The number of benzene rings is 4. The molecule has 0 unspecified atom stereocenters. The van der Waals surface area contributed by atoms with E-state index >= 15 is 0 Å². The van der Waals surface area contributed by atoms with Crippen molar-refractivity contribution in [3.63, 3.8) is 0 Å². The highest BCUT2D eigenvalue weighted by atomic mass is 19.4. The molecule has 4 fully saturated rings. The number of hydrogen-bond donors (Lipinski definition) is 2. The number of carbonyl (C=O) groups excluding carboxylic acids is 6. The number of ether oxygens (including phenoxy) is 6. The Morgan fingerprint density at radius 3 is 1.02 bits per heavy atom. The second-order valence-electron chi connectivity index (χ2n) is 25.3. The zero-order valence-corrected chi connectivity index (χ0v) is 52.9. The molecule has 2 N–H and O–H groups in total. The van der Waals surface area contributed by atoms with Gasteiger partial charge in [0.2, 0.25) is 25.4 Å². The Kier molecular flexibility index (Phi) is 22.9. The number of esters is 2. The van der Waals surface area contributed by atoms with E-state index in [1.165, 1.54) is 23.6 Å². The topological polar surface area (TPSA) is 188 Å². The van der Waals surface area contributed by atoms with E-state index in [1.807, 2.05) is 27.7 Å². The second kappa shape index (κ2) is 29.2. The van der Waals surface area contributed by atoms with Crippen LogP contribution < -0.4 is 10.6 Å². The molecule has 28 heteroatoms. The Balaban J connectivity index is 0.000000266. The lowest BCUT2D eigenvalue weighted by molar-refractivity contribution is -0.160. The van der Waals surface area contributed by atoms with Crippen LogP contribution in [0, 0.1) is 23.7 Å². The minimum Gasteiger partial charge on any atom is -0.428 e. The Morgan fingerprint density at radius 1 is 0.447 bits per heavy atom. The van der Waals surface area contributed by atoms with Crippen LogP contribution in [0.5, 0.6) is 0 Å². The first-order valence-electron chi connectivity index (χ1n) is 30.5. The van der Waals surface area contributed by atoms with E-state index in [0.29, 0.717) is 61.1 Å². The summed E-state index contributed by atoms with van der Waals surface area (Å²) in [4.78, 5) is 79.6. The van der Waals surface area contributed by atoms with E-state index in [1.54, 1.807) is 74.5 Å². The number of alkyl halides is 12. The predicted octanol–water partition coefficient (Wildman–Crippen LogP) is 14.7. The van der Waals surface area contributed by atoms with Gasteiger partial charge in [0, 0.05) is 25.9 Å². The van der Waals surface area contributed by atoms with Crippen LogP contribution >= 0.6 is 0 Å². The normalized spacial score (nSPS) is 23.0. The molecule has 4 aromatic carbocycles. The van der Waals surface area contributed by atoms with E-state index in [0.717, 1.165) is 0 Å². The van der Waals surface area contributed by atoms with Crippen molar-refractivity contribution in [1.82, 2.24) is 20.4 Å². The van der Waals surface area contributed by atoms with Gasteiger partial charge in [-0.15, -0.1) is 0 Å². The third kappa shape index (κ3) is 17.6. The molecule has 4 saturated heterocycles. The van der Waals surface area contributed by atoms with Crippen molar-refractivity contribution in [2.24, 2.45) is 23.7 Å². The average molecular weight is 1350 g/mol. The van der Waals surface area contributed by atoms with Crippen LogP contribution in [-0.4, -0.2) is 96.7 Å². The molecule has 516 valence electrons. The van der Waals surface area contributed by atoms with E-state index < -0.39 is 131 Å². The van der Waals surface area contributed by atoms with Crippen molar-refractivity contribution in [2.45, 2.75) is 166 Å². The standard InChI is InChI=1S/2C33H38F6N2O6/c2*1-20(2)21(3)28(43)46-19-47-29(44)41-17-30(11-10-27(42)40-30)12-13-31(41,24-8-6-5-7-9-24)18-45-22(4)23-14-25(32(34,35)36)16-26(15-23)33(37,38)39/h2*5-9,14-16,20-22H,10-13,17-19H2,1-4H3,(H,40,42)/t2*21-,22+,30+,31+/m00/s1. The Morgan fingerprint density at radius 2 is 0.755 bits per heavy atom. The van der Waals surface area contributed by atoms with Gasteiger partial charge in [0.15, 0.2) is 0 Å². The number of halogens is 12. The van der Waals surface area contributed by atoms with Gasteiger partial charge >= 0.3 is 48.8 Å². The number of nitrogens with one attached hydrogen (secondary N) is 2. The monoisotopic (exact) mass is 1340 g/mol. The molecule has 4 aromatic rings. The quantitative estimate of drug-likeness (QED) is 0.0546. The van der Waals surface area contributed by atoms with Crippen LogP contribution in [0.2, 0.25) is 0 Å². The van der Waals surface area contributed by atoms with Crippen molar-refractivity contribution in [3.8, 4) is 0 Å². The highest BCUT2D eigenvalue weighted by Crippen LogP contribution is 2.48. The second-order valence-corrected chi connectivity index (χ2v) is 25.3. The summed E-state index contributed by atoms with van der Waals surface area (Å²) < 4.78 is 196. The highest BCUT2D eigenvalue weighted by molar-refractivity contribution is 5.81. The van der Waals surface area contributed by atoms with Crippen LogP contribution in [0.1, 0.15) is 163 Å². The zero-order chi connectivity index (χ0) is 69.6. The number of likely N-dealkylation sites (tertiary alicyclic amines) is 2. The first-order chi connectivity index (χ1) is 43.7. The van der Waals surface area contributed by atoms with Gasteiger partial charge in [0.05, 0.1) is 81.7 Å². The van der Waals surface area contributed by atoms with E-state index in [4.69, 9.17) is 28.4 Å². The van der Waals surface area contributed by atoms with Crippen LogP contribution in [0.4, 0.5) is 62.3 Å². The van der Waals surface area contributed by atoms with E-state index in [9.17, 15) is 81.5 Å². The lowest BCUT2D eigenvalue weighted by Gasteiger charge is -2.52. The first-order valence-corrected chi connectivity index (χ1v) is 30.5. The van der Waals surface area contributed by atoms with Gasteiger partial charge in [-0.25, -0.2) is 9.59 Å². The fraction of sp³-hybridized carbons (Fsp3) is 0.545. The number of rotatable bonds is 18. The predicted molar refractivity (Wildman–Crippen MR) is 313 cm³/mol. The summed E-state index contributed by atoms with van der Waals surface area (Å²) in [5.41, 5.74) is -9.73. The zero-order valence-electron chi connectivity index (χ0n) is 52.9. The fourth-order valence-electron chi connectivity index (χ4n) is 11.8. The lowest BCUT2D eigenvalue weighted by atomic mass is 9.74. The minimum atomic E-state index is -5.04. The van der Waals surface area contributed by atoms with Crippen LogP contribution in [0.3, 0.4) is 0 Å². The molecule has 0 aromatic heterocycles. The van der Waals surface area contributed by atoms with Crippen molar-refractivity contribution in [1.29, 1.82) is 0 Å². The number of hydrogen-bond acceptors (Lipinski definition) is 12. The van der Waals surface area contributed by atoms with Crippen molar-refractivity contribution >= 4 is 35.9 Å². The van der Waals surface area contributed by atoms with Gasteiger partial charge < -0.3 is 39.1 Å². The summed E-state index contributed by atoms with van der Waals surface area (Å²) in [6.07, 6.45) is -22.0. The molecular weight excluding hydrogens is 1270 g/mol. The third-order valence-electron chi connectivity index (χ3n) is 18.3. The molecule has 0 bridgehead atoms. The van der Waals surface area contributed by atoms with Gasteiger partial charge in [0.25, 0.3) is 0 Å². The maximum atomic E-state index is 13.8. The molecule has 0 aliphatic carbocycles. The van der Waals surface area contributed by atoms with Crippen molar-refractivity contribution in [3.05, 3.63) is 142 Å². The number of piperidine rings is 2.